The zero-order valence-corrected chi connectivity index (χ0v) is 15.2. The van der Waals surface area contributed by atoms with Crippen LogP contribution < -0.4 is 4.74 Å². The van der Waals surface area contributed by atoms with E-state index in [-0.39, 0.29) is 29.8 Å². The summed E-state index contributed by atoms with van der Waals surface area (Å²) in [7, 11) is 0. The first kappa shape index (κ1) is 17.5. The van der Waals surface area contributed by atoms with Gasteiger partial charge < -0.3 is 9.47 Å². The van der Waals surface area contributed by atoms with Crippen molar-refractivity contribution in [2.24, 2.45) is 17.3 Å². The number of rotatable bonds is 6. The molecule has 0 radical (unpaired) electrons. The normalized spacial score (nSPS) is 24.0. The van der Waals surface area contributed by atoms with Crippen molar-refractivity contribution < 1.29 is 14.3 Å². The number of carbonyl (C=O) groups excluding carboxylic acids is 1. The molecule has 0 bridgehead atoms. The van der Waals surface area contributed by atoms with E-state index in [1.54, 1.807) is 0 Å². The molecule has 0 saturated heterocycles. The number of benzene rings is 1. The Hall–Kier alpha value is -2.29. The summed E-state index contributed by atoms with van der Waals surface area (Å²) in [6, 6.07) is 7.72. The van der Waals surface area contributed by atoms with E-state index in [1.807, 2.05) is 43.3 Å². The molecule has 3 rings (SSSR count). The van der Waals surface area contributed by atoms with E-state index >= 15 is 0 Å². The van der Waals surface area contributed by atoms with Gasteiger partial charge in [0.1, 0.15) is 18.1 Å². The number of carbonyl (C=O) groups is 1. The van der Waals surface area contributed by atoms with Crippen LogP contribution in [0.4, 0.5) is 0 Å². The third-order valence-electron chi connectivity index (χ3n) is 5.04. The van der Waals surface area contributed by atoms with E-state index in [1.165, 1.54) is 0 Å². The molecule has 3 heteroatoms. The van der Waals surface area contributed by atoms with Gasteiger partial charge in [0.25, 0.3) is 0 Å². The Morgan fingerprint density at radius 2 is 2.16 bits per heavy atom. The number of ether oxygens (including phenoxy) is 2. The molecule has 1 aromatic rings. The van der Waals surface area contributed by atoms with E-state index in [2.05, 4.69) is 32.1 Å². The highest BCUT2D eigenvalue weighted by Gasteiger charge is 2.61. The van der Waals surface area contributed by atoms with Gasteiger partial charge in [-0.1, -0.05) is 44.2 Å². The van der Waals surface area contributed by atoms with E-state index < -0.39 is 0 Å². The maximum atomic E-state index is 12.4. The predicted octanol–water partition coefficient (Wildman–Crippen LogP) is 5.19. The minimum Gasteiger partial charge on any atom is -0.461 e. The SMILES string of the molecule is CC=CC1C(C(=O)OCc2cccc(OC3=CCCC=C3)c2)C1(C)C. The van der Waals surface area contributed by atoms with E-state index in [4.69, 9.17) is 9.47 Å². The van der Waals surface area contributed by atoms with Crippen molar-refractivity contribution in [2.45, 2.75) is 40.2 Å². The van der Waals surface area contributed by atoms with Crippen LogP contribution in [0.25, 0.3) is 0 Å². The Morgan fingerprint density at radius 1 is 1.32 bits per heavy atom. The largest absolute Gasteiger partial charge is 0.461 e. The average Bonchev–Trinajstić information content (AvgIpc) is 3.15. The van der Waals surface area contributed by atoms with E-state index in [0.29, 0.717) is 0 Å². The van der Waals surface area contributed by atoms with Crippen molar-refractivity contribution >= 4 is 5.97 Å². The molecule has 2 unspecified atom stereocenters. The summed E-state index contributed by atoms with van der Waals surface area (Å²) in [6.07, 6.45) is 12.4. The quantitative estimate of drug-likeness (QED) is 0.529. The van der Waals surface area contributed by atoms with Crippen LogP contribution >= 0.6 is 0 Å². The molecule has 132 valence electrons. The molecule has 2 aliphatic carbocycles. The van der Waals surface area contributed by atoms with Crippen LogP contribution in [-0.4, -0.2) is 5.97 Å². The van der Waals surface area contributed by atoms with Gasteiger partial charge in [0.2, 0.25) is 0 Å². The summed E-state index contributed by atoms with van der Waals surface area (Å²) in [4.78, 5) is 12.4. The van der Waals surface area contributed by atoms with Crippen molar-refractivity contribution in [1.29, 1.82) is 0 Å². The molecule has 1 fully saturated rings. The maximum Gasteiger partial charge on any atom is 0.310 e. The van der Waals surface area contributed by atoms with Gasteiger partial charge in [-0.15, -0.1) is 0 Å². The second kappa shape index (κ2) is 7.30. The zero-order valence-electron chi connectivity index (χ0n) is 15.2. The number of allylic oxidation sites excluding steroid dienone is 5. The van der Waals surface area contributed by atoms with Gasteiger partial charge in [-0.3, -0.25) is 4.79 Å². The second-order valence-corrected chi connectivity index (χ2v) is 7.29. The fourth-order valence-corrected chi connectivity index (χ4v) is 3.44. The third kappa shape index (κ3) is 4.04. The molecule has 2 aliphatic rings. The van der Waals surface area contributed by atoms with Gasteiger partial charge in [0.05, 0.1) is 5.92 Å². The molecule has 0 aromatic heterocycles. The zero-order chi connectivity index (χ0) is 17.9. The number of hydrogen-bond donors (Lipinski definition) is 0. The fraction of sp³-hybridized carbons (Fsp3) is 0.409. The predicted molar refractivity (Wildman–Crippen MR) is 98.9 cm³/mol. The molecular formula is C22H26O3. The monoisotopic (exact) mass is 338 g/mol. The molecule has 1 aromatic carbocycles. The van der Waals surface area contributed by atoms with Gasteiger partial charge in [0.15, 0.2) is 0 Å². The lowest BCUT2D eigenvalue weighted by Gasteiger charge is -2.11. The molecule has 0 heterocycles. The van der Waals surface area contributed by atoms with Crippen LogP contribution in [0.2, 0.25) is 0 Å². The highest BCUT2D eigenvalue weighted by molar-refractivity contribution is 5.78. The van der Waals surface area contributed by atoms with Crippen molar-refractivity contribution in [3.8, 4) is 5.75 Å². The molecule has 25 heavy (non-hydrogen) atoms. The Balaban J connectivity index is 1.57. The third-order valence-corrected chi connectivity index (χ3v) is 5.04. The summed E-state index contributed by atoms with van der Waals surface area (Å²) >= 11 is 0. The Morgan fingerprint density at radius 3 is 2.88 bits per heavy atom. The van der Waals surface area contributed by atoms with Crippen molar-refractivity contribution in [3.05, 3.63) is 66.0 Å². The molecule has 1 saturated carbocycles. The molecule has 0 aliphatic heterocycles. The first-order valence-corrected chi connectivity index (χ1v) is 8.95. The molecule has 2 atom stereocenters. The minimum absolute atomic E-state index is 0.00561. The lowest BCUT2D eigenvalue weighted by Crippen LogP contribution is -2.10. The smallest absolute Gasteiger partial charge is 0.310 e. The van der Waals surface area contributed by atoms with E-state index in [9.17, 15) is 4.79 Å². The van der Waals surface area contributed by atoms with Gasteiger partial charge >= 0.3 is 5.97 Å². The highest BCUT2D eigenvalue weighted by Crippen LogP contribution is 2.59. The van der Waals surface area contributed by atoms with Crippen LogP contribution in [0.3, 0.4) is 0 Å². The number of esters is 1. The van der Waals surface area contributed by atoms with Crippen LogP contribution in [0, 0.1) is 17.3 Å². The van der Waals surface area contributed by atoms with Crippen molar-refractivity contribution in [3.63, 3.8) is 0 Å². The van der Waals surface area contributed by atoms with Crippen molar-refractivity contribution in [1.82, 2.24) is 0 Å². The lowest BCUT2D eigenvalue weighted by atomic mass is 10.1. The van der Waals surface area contributed by atoms with Gasteiger partial charge in [-0.25, -0.2) is 0 Å². The summed E-state index contributed by atoms with van der Waals surface area (Å²) < 4.78 is 11.4. The summed E-state index contributed by atoms with van der Waals surface area (Å²) in [5.74, 6) is 1.77. The first-order chi connectivity index (χ1) is 12.0. The van der Waals surface area contributed by atoms with Crippen LogP contribution in [0.15, 0.2) is 60.4 Å². The molecule has 0 amide bonds. The molecule has 3 nitrogen and oxygen atoms in total. The van der Waals surface area contributed by atoms with E-state index in [0.717, 1.165) is 29.9 Å². The summed E-state index contributed by atoms with van der Waals surface area (Å²) in [5.41, 5.74) is 0.932. The molecule has 0 spiro atoms. The minimum atomic E-state index is -0.114. The van der Waals surface area contributed by atoms with Crippen LogP contribution in [0.1, 0.15) is 39.2 Å². The standard InChI is InChI=1S/C22H26O3/c1-4-9-19-20(22(19,2)3)21(23)24-15-16-10-8-13-18(14-16)25-17-11-6-5-7-12-17/h4,6,8-14,19-20H,5,7,15H2,1-3H3. The Bertz CT molecular complexity index is 725. The first-order valence-electron chi connectivity index (χ1n) is 8.95. The summed E-state index contributed by atoms with van der Waals surface area (Å²) in [5, 5.41) is 0. The van der Waals surface area contributed by atoms with Gasteiger partial charge in [0, 0.05) is 0 Å². The van der Waals surface area contributed by atoms with Crippen LogP contribution in [-0.2, 0) is 16.1 Å². The topological polar surface area (TPSA) is 35.5 Å². The van der Waals surface area contributed by atoms with Gasteiger partial charge in [-0.05, 0) is 60.9 Å². The van der Waals surface area contributed by atoms with Crippen LogP contribution in [0.5, 0.6) is 5.75 Å². The fourth-order valence-electron chi connectivity index (χ4n) is 3.44. The van der Waals surface area contributed by atoms with Gasteiger partial charge in [-0.2, -0.15) is 0 Å². The maximum absolute atomic E-state index is 12.4. The summed E-state index contributed by atoms with van der Waals surface area (Å²) in [6.45, 7) is 6.49. The lowest BCUT2D eigenvalue weighted by molar-refractivity contribution is -0.147. The Labute approximate surface area is 150 Å². The van der Waals surface area contributed by atoms with Crippen molar-refractivity contribution in [2.75, 3.05) is 0 Å². The molecule has 0 N–H and O–H groups in total. The molecular weight excluding hydrogens is 312 g/mol. The second-order valence-electron chi connectivity index (χ2n) is 7.29. The Kier molecular flexibility index (Phi) is 5.12. The average molecular weight is 338 g/mol. The number of hydrogen-bond acceptors (Lipinski definition) is 3. The highest BCUT2D eigenvalue weighted by atomic mass is 16.5.